The van der Waals surface area contributed by atoms with Gasteiger partial charge in [0, 0.05) is 49.4 Å². The van der Waals surface area contributed by atoms with Gasteiger partial charge in [0.2, 0.25) is 47.1 Å². The molecule has 4 aliphatic rings. The van der Waals surface area contributed by atoms with Crippen molar-refractivity contribution in [2.24, 2.45) is 17.8 Å². The lowest BCUT2D eigenvalue weighted by atomic mass is 9.72. The summed E-state index contributed by atoms with van der Waals surface area (Å²) in [7, 11) is 1.28. The van der Waals surface area contributed by atoms with Crippen LogP contribution in [0, 0.1) is 17.8 Å². The second-order valence-corrected chi connectivity index (χ2v) is 22.6. The zero-order chi connectivity index (χ0) is 59.9. The minimum atomic E-state index is -2.44. The molecule has 2 aromatic rings. The third-order valence-corrected chi connectivity index (χ3v) is 14.9. The lowest BCUT2D eigenvalue weighted by Gasteiger charge is -2.43. The maximum atomic E-state index is 14.3. The molecule has 2 saturated heterocycles. The van der Waals surface area contributed by atoms with Gasteiger partial charge in [0.25, 0.3) is 0 Å². The molecule has 10 atom stereocenters. The van der Waals surface area contributed by atoms with Crippen molar-refractivity contribution in [1.29, 1.82) is 0 Å². The van der Waals surface area contributed by atoms with Gasteiger partial charge in [0.15, 0.2) is 17.9 Å². The highest BCUT2D eigenvalue weighted by molar-refractivity contribution is 6.31. The number of amides is 7. The molecule has 0 saturated carbocycles. The van der Waals surface area contributed by atoms with Gasteiger partial charge in [0.1, 0.15) is 59.7 Å². The van der Waals surface area contributed by atoms with Gasteiger partial charge in [0.05, 0.1) is 55.1 Å². The number of ketones is 3. The van der Waals surface area contributed by atoms with E-state index in [1.54, 1.807) is 13.8 Å². The SMILES string of the molecule is COc1cccc2c1C(=O)c1c(O)c3c(c(O)c1C2=O)C[C@@](O)(C(=O)CO)C[C@@H]3O[C@H]1C[C@H](NC(=O)[C@H](CC(C)C)NC(=O)[C@H](CC(C)C)NC(=O)CNC(=O)[C@H](CC(C)C)NC(=O)[C@@H]2CCCN2C(=O)CNC(C)=O)[C@H](O)[C@H](C)O1. The van der Waals surface area contributed by atoms with Crippen LogP contribution in [-0.2, 0) is 54.3 Å². The van der Waals surface area contributed by atoms with Crippen molar-refractivity contribution in [3.05, 3.63) is 51.6 Å². The number of methoxy groups -OCH3 is 1. The van der Waals surface area contributed by atoms with E-state index in [-0.39, 0.29) is 78.0 Å². The molecule has 0 radical (unpaired) electrons. The molecule has 11 N–H and O–H groups in total. The van der Waals surface area contributed by atoms with Crippen molar-refractivity contribution in [3.8, 4) is 17.2 Å². The summed E-state index contributed by atoms with van der Waals surface area (Å²) in [4.78, 5) is 136. The summed E-state index contributed by atoms with van der Waals surface area (Å²) < 4.78 is 17.7. The standard InChI is InChI=1S/C56H77N7O18/c1-25(2)16-33(62-55(77)36-13-11-15-63(36)41(68)23-57-29(8)65)52(74)58-22-40(67)59-34(17-26(3)4)53(75)61-35(18-27(5)6)54(76)60-32-19-42(80-28(7)47(32)69)81-38-21-56(78,39(66)24-64)20-31-44(38)51(73)46-45(49(31)71)48(70)30-12-10-14-37(79-9)43(30)50(46)72/h10,12,14,25-28,32-36,38,42,47,64,69,71,73,78H,11,13,15-24H2,1-9H3,(H,57,65)(H,58,74)(H,59,67)(H,60,76)(H,61,75)(H,62,77)/t28-,32-,33-,34-,35-,36-,38-,42-,47+,56-/m0/s1. The average molecular weight is 1140 g/mol. The Bertz CT molecular complexity index is 2780. The number of ether oxygens (including phenoxy) is 3. The minimum Gasteiger partial charge on any atom is -0.507 e. The van der Waals surface area contributed by atoms with Crippen molar-refractivity contribution in [2.45, 2.75) is 167 Å². The molecular formula is C56H77N7O18. The second-order valence-electron chi connectivity index (χ2n) is 22.6. The Morgan fingerprint density at radius 2 is 1.42 bits per heavy atom. The molecule has 81 heavy (non-hydrogen) atoms. The molecule has 0 aromatic heterocycles. The number of rotatable bonds is 23. The second kappa shape index (κ2) is 26.7. The number of likely N-dealkylation sites (tertiary alicyclic amines) is 1. The first-order valence-corrected chi connectivity index (χ1v) is 27.4. The molecule has 0 spiro atoms. The van der Waals surface area contributed by atoms with Gasteiger partial charge in [-0.15, -0.1) is 0 Å². The van der Waals surface area contributed by atoms with Crippen LogP contribution in [0.1, 0.15) is 149 Å². The number of aliphatic hydroxyl groups excluding tert-OH is 2. The summed E-state index contributed by atoms with van der Waals surface area (Å²) >= 11 is 0. The number of phenolic OH excluding ortho intramolecular Hbond substituents is 2. The van der Waals surface area contributed by atoms with E-state index in [9.17, 15) is 73.5 Å². The summed E-state index contributed by atoms with van der Waals surface area (Å²) in [5.41, 5.74) is -4.52. The largest absolute Gasteiger partial charge is 0.507 e. The molecule has 25 nitrogen and oxygen atoms in total. The zero-order valence-electron chi connectivity index (χ0n) is 47.1. The maximum absolute atomic E-state index is 14.3. The van der Waals surface area contributed by atoms with Gasteiger partial charge in [-0.25, -0.2) is 0 Å². The number of nitrogens with zero attached hydrogens (tertiary/aromatic N) is 1. The molecule has 2 aliphatic heterocycles. The average Bonchev–Trinajstić information content (AvgIpc) is 4.08. The van der Waals surface area contributed by atoms with E-state index in [0.29, 0.717) is 19.4 Å². The number of hydrogen-bond acceptors (Lipinski definition) is 18. The van der Waals surface area contributed by atoms with Crippen LogP contribution in [-0.4, -0.2) is 177 Å². The number of phenols is 2. The predicted molar refractivity (Wildman–Crippen MR) is 286 cm³/mol. The van der Waals surface area contributed by atoms with Crippen LogP contribution in [0.4, 0.5) is 0 Å². The third-order valence-electron chi connectivity index (χ3n) is 14.9. The molecule has 0 unspecified atom stereocenters. The van der Waals surface area contributed by atoms with Crippen molar-refractivity contribution < 1.29 is 87.7 Å². The molecule has 2 heterocycles. The van der Waals surface area contributed by atoms with Crippen LogP contribution < -0.4 is 36.6 Å². The van der Waals surface area contributed by atoms with Crippen molar-refractivity contribution >= 4 is 58.7 Å². The molecule has 7 amide bonds. The highest BCUT2D eigenvalue weighted by atomic mass is 16.7. The Morgan fingerprint density at radius 1 is 0.802 bits per heavy atom. The summed E-state index contributed by atoms with van der Waals surface area (Å²) in [6.07, 6.45) is -5.93. The van der Waals surface area contributed by atoms with Crippen LogP contribution in [0.3, 0.4) is 0 Å². The van der Waals surface area contributed by atoms with E-state index < -0.39 is 168 Å². The number of carbonyl (C=O) groups excluding carboxylic acids is 10. The number of aliphatic hydroxyl groups is 3. The zero-order valence-corrected chi connectivity index (χ0v) is 47.1. The van der Waals surface area contributed by atoms with E-state index in [0.717, 1.165) is 0 Å². The van der Waals surface area contributed by atoms with Gasteiger partial charge in [-0.3, -0.25) is 47.9 Å². The summed E-state index contributed by atoms with van der Waals surface area (Å²) in [6.45, 7) is 11.9. The first-order valence-electron chi connectivity index (χ1n) is 27.4. The molecule has 2 aliphatic carbocycles. The highest BCUT2D eigenvalue weighted by Gasteiger charge is 2.51. The number of fused-ring (bicyclic) bond motifs is 3. The van der Waals surface area contributed by atoms with Gasteiger partial charge in [-0.2, -0.15) is 0 Å². The first kappa shape index (κ1) is 63.1. The van der Waals surface area contributed by atoms with Crippen LogP contribution in [0.25, 0.3) is 0 Å². The number of benzene rings is 2. The lowest BCUT2D eigenvalue weighted by molar-refractivity contribution is -0.249. The molecule has 2 fully saturated rings. The Kier molecular flexibility index (Phi) is 20.8. The molecule has 2 aromatic carbocycles. The van der Waals surface area contributed by atoms with Crippen LogP contribution >= 0.6 is 0 Å². The van der Waals surface area contributed by atoms with Crippen LogP contribution in [0.5, 0.6) is 17.2 Å². The number of nitrogens with one attached hydrogen (secondary N) is 6. The summed E-state index contributed by atoms with van der Waals surface area (Å²) in [5.74, 6) is -9.21. The van der Waals surface area contributed by atoms with E-state index in [4.69, 9.17) is 14.2 Å². The molecule has 444 valence electrons. The normalized spacial score (nSPS) is 23.3. The van der Waals surface area contributed by atoms with Gasteiger partial charge in [-0.1, -0.05) is 53.7 Å². The Labute approximate surface area is 469 Å². The van der Waals surface area contributed by atoms with Crippen molar-refractivity contribution in [3.63, 3.8) is 0 Å². The Morgan fingerprint density at radius 3 is 2.02 bits per heavy atom. The molecular weight excluding hydrogens is 1060 g/mol. The minimum absolute atomic E-state index is 0.0133. The quantitative estimate of drug-likeness (QED) is 0.0557. The number of carbonyl (C=O) groups is 10. The number of hydrogen-bond donors (Lipinski definition) is 11. The fraction of sp³-hybridized carbons (Fsp3) is 0.607. The third kappa shape index (κ3) is 14.5. The molecule has 25 heteroatoms. The van der Waals surface area contributed by atoms with Crippen molar-refractivity contribution in [1.82, 2.24) is 36.8 Å². The topological polar surface area (TPSA) is 375 Å². The molecule has 0 bridgehead atoms. The molecule has 6 rings (SSSR count). The van der Waals surface area contributed by atoms with E-state index >= 15 is 0 Å². The van der Waals surface area contributed by atoms with Crippen LogP contribution in [0.15, 0.2) is 18.2 Å². The summed E-state index contributed by atoms with van der Waals surface area (Å²) in [6, 6.07) is -1.36. The summed E-state index contributed by atoms with van der Waals surface area (Å²) in [5, 5.41) is 72.7. The van der Waals surface area contributed by atoms with E-state index in [2.05, 4.69) is 31.9 Å². The van der Waals surface area contributed by atoms with Gasteiger partial charge < -0.3 is 76.5 Å². The fourth-order valence-corrected chi connectivity index (χ4v) is 11.0. The number of aromatic hydroxyl groups is 2. The number of Topliss-reactive ketones (excluding diaryl/α,β-unsaturated/α-hetero) is 1. The smallest absolute Gasteiger partial charge is 0.243 e. The highest BCUT2D eigenvalue weighted by Crippen LogP contribution is 2.52. The van der Waals surface area contributed by atoms with Gasteiger partial charge >= 0.3 is 0 Å². The van der Waals surface area contributed by atoms with Gasteiger partial charge in [-0.05, 0) is 62.8 Å². The lowest BCUT2D eigenvalue weighted by Crippen LogP contribution is -2.60. The first-order chi connectivity index (χ1) is 38.1. The fourth-order valence-electron chi connectivity index (χ4n) is 11.0. The monoisotopic (exact) mass is 1140 g/mol. The van der Waals surface area contributed by atoms with E-state index in [1.165, 1.54) is 44.1 Å². The van der Waals surface area contributed by atoms with Crippen molar-refractivity contribution in [2.75, 3.05) is 33.4 Å². The van der Waals surface area contributed by atoms with E-state index in [1.807, 2.05) is 27.7 Å². The maximum Gasteiger partial charge on any atom is 0.243 e. The Balaban J connectivity index is 1.15. The predicted octanol–water partition coefficient (Wildman–Crippen LogP) is -0.00520. The Hall–Kier alpha value is -7.06. The van der Waals surface area contributed by atoms with Crippen LogP contribution in [0.2, 0.25) is 0 Å².